The lowest BCUT2D eigenvalue weighted by Crippen LogP contribution is -2.16. The Morgan fingerprint density at radius 2 is 1.70 bits per heavy atom. The average Bonchev–Trinajstić information content (AvgIpc) is 2.73. The summed E-state index contributed by atoms with van der Waals surface area (Å²) in [5.41, 5.74) is 3.14. The lowest BCUT2D eigenvalue weighted by atomic mass is 9.83. The summed E-state index contributed by atoms with van der Waals surface area (Å²) in [6.07, 6.45) is 0.811. The Bertz CT molecular complexity index is 1160. The van der Waals surface area contributed by atoms with Gasteiger partial charge in [-0.2, -0.15) is 0 Å². The van der Waals surface area contributed by atoms with Crippen molar-refractivity contribution in [3.8, 4) is 5.75 Å². The van der Waals surface area contributed by atoms with Gasteiger partial charge in [-0.25, -0.2) is 4.39 Å². The molecule has 4 nitrogen and oxygen atoms in total. The van der Waals surface area contributed by atoms with Gasteiger partial charge in [-0.3, -0.25) is 4.21 Å². The molecule has 0 saturated heterocycles. The fourth-order valence-electron chi connectivity index (χ4n) is 3.50. The molecule has 7 heteroatoms. The smallest absolute Gasteiger partial charge is 0.139 e. The second kappa shape index (κ2) is 8.52. The molecule has 0 aliphatic carbocycles. The Hall–Kier alpha value is -2.80. The number of carbonyl (C=O) groups excluding carboxylic acids is 1. The molecular weight excluding hydrogens is 427 g/mol. The van der Waals surface area contributed by atoms with Gasteiger partial charge in [-0.15, -0.1) is 0 Å². The normalized spacial score (nSPS) is 16.6. The summed E-state index contributed by atoms with van der Waals surface area (Å²) in [5.74, 6) is -0.200. The van der Waals surface area contributed by atoms with Gasteiger partial charge in [0, 0.05) is 27.5 Å². The maximum absolute atomic E-state index is 13.5. The molecule has 30 heavy (non-hydrogen) atoms. The van der Waals surface area contributed by atoms with Crippen LogP contribution in [0.4, 0.5) is 4.39 Å². The van der Waals surface area contributed by atoms with Gasteiger partial charge < -0.3 is 14.1 Å². The third-order valence-electron chi connectivity index (χ3n) is 4.87. The van der Waals surface area contributed by atoms with E-state index in [1.807, 2.05) is 0 Å². The van der Waals surface area contributed by atoms with E-state index in [2.05, 4.69) is 0 Å². The van der Waals surface area contributed by atoms with Gasteiger partial charge in [0.15, 0.2) is 0 Å². The molecule has 1 aliphatic heterocycles. The second-order valence-electron chi connectivity index (χ2n) is 6.79. The molecule has 0 bridgehead atoms. The molecule has 3 aromatic rings. The Kier molecular flexibility index (Phi) is 5.81. The van der Waals surface area contributed by atoms with Crippen molar-refractivity contribution in [1.29, 1.82) is 0 Å². The van der Waals surface area contributed by atoms with Gasteiger partial charge in [0.2, 0.25) is 0 Å². The van der Waals surface area contributed by atoms with Gasteiger partial charge in [0.25, 0.3) is 0 Å². The highest BCUT2D eigenvalue weighted by Crippen LogP contribution is 2.46. The Morgan fingerprint density at radius 1 is 1.03 bits per heavy atom. The van der Waals surface area contributed by atoms with E-state index in [4.69, 9.17) is 16.3 Å². The number of aldehydes is 1. The van der Waals surface area contributed by atoms with Crippen molar-refractivity contribution in [2.75, 3.05) is 0 Å². The molecule has 0 spiro atoms. The Balaban J connectivity index is 1.90. The molecule has 1 aliphatic rings. The van der Waals surface area contributed by atoms with Crippen LogP contribution in [0.1, 0.15) is 28.2 Å². The summed E-state index contributed by atoms with van der Waals surface area (Å²) in [5, 5.41) is 0.473. The van der Waals surface area contributed by atoms with Crippen LogP contribution in [0.15, 0.2) is 66.7 Å². The maximum atomic E-state index is 13.5. The van der Waals surface area contributed by atoms with Crippen molar-refractivity contribution in [2.45, 2.75) is 11.7 Å². The molecule has 0 amide bonds. The van der Waals surface area contributed by atoms with Crippen molar-refractivity contribution in [3.05, 3.63) is 99.8 Å². The lowest BCUT2D eigenvalue weighted by Gasteiger charge is -2.28. The van der Waals surface area contributed by atoms with Gasteiger partial charge >= 0.3 is 0 Å². The third-order valence-corrected chi connectivity index (χ3v) is 5.67. The summed E-state index contributed by atoms with van der Waals surface area (Å²) in [6, 6.07) is 17.7. The Morgan fingerprint density at radius 3 is 2.33 bits per heavy atom. The predicted octanol–water partition coefficient (Wildman–Crippen LogP) is 5.10. The van der Waals surface area contributed by atoms with Crippen LogP contribution in [-0.4, -0.2) is 15.0 Å². The van der Waals surface area contributed by atoms with E-state index in [1.54, 1.807) is 54.6 Å². The third kappa shape index (κ3) is 4.07. The molecule has 152 valence electrons. The quantitative estimate of drug-likeness (QED) is 0.408. The summed E-state index contributed by atoms with van der Waals surface area (Å²) in [4.78, 5) is 12.2. The van der Waals surface area contributed by atoms with Crippen LogP contribution in [0.3, 0.4) is 0 Å². The van der Waals surface area contributed by atoms with Crippen LogP contribution in [-0.2, 0) is 21.6 Å². The highest BCUT2D eigenvalue weighted by molar-refractivity contribution is 7.78. The van der Waals surface area contributed by atoms with Gasteiger partial charge in [0.1, 0.15) is 23.6 Å². The maximum Gasteiger partial charge on any atom is 0.139 e. The average molecular weight is 442 g/mol. The minimum absolute atomic E-state index is 0.0939. The minimum Gasteiger partial charge on any atom is -0.772 e. The summed E-state index contributed by atoms with van der Waals surface area (Å²) in [7, 11) is 0. The van der Waals surface area contributed by atoms with Crippen LogP contribution >= 0.6 is 11.6 Å². The molecule has 0 N–H and O–H groups in total. The van der Waals surface area contributed by atoms with E-state index in [1.165, 1.54) is 12.1 Å². The zero-order chi connectivity index (χ0) is 21.3. The fraction of sp³-hybridized carbons (Fsp3) is 0.0870. The van der Waals surface area contributed by atoms with E-state index in [-0.39, 0.29) is 5.75 Å². The zero-order valence-corrected chi connectivity index (χ0v) is 17.1. The zero-order valence-electron chi connectivity index (χ0n) is 15.5. The minimum atomic E-state index is -2.19. The first-order valence-corrected chi connectivity index (χ1v) is 10.7. The molecule has 0 fully saturated rings. The largest absolute Gasteiger partial charge is 0.772 e. The molecule has 0 radical (unpaired) electrons. The fourth-order valence-corrected chi connectivity index (χ4v) is 4.15. The van der Waals surface area contributed by atoms with E-state index in [9.17, 15) is 17.9 Å². The predicted molar refractivity (Wildman–Crippen MR) is 113 cm³/mol. The number of hydrogen-bond acceptors (Lipinski definition) is 4. The SMILES string of the molecule is O=CC1C(c2ccc(F)cc2)=C(c2ccc(CS(=O)[O-])cc2)Oc2ccc(Cl)cc21. The molecule has 0 aromatic heterocycles. The first-order chi connectivity index (χ1) is 14.5. The van der Waals surface area contributed by atoms with Gasteiger partial charge in [-0.05, 0) is 41.5 Å². The Labute approximate surface area is 180 Å². The van der Waals surface area contributed by atoms with Gasteiger partial charge in [-0.1, -0.05) is 59.1 Å². The van der Waals surface area contributed by atoms with Crippen molar-refractivity contribution in [1.82, 2.24) is 0 Å². The number of halogens is 2. The van der Waals surface area contributed by atoms with Crippen molar-refractivity contribution < 1.29 is 22.7 Å². The lowest BCUT2D eigenvalue weighted by molar-refractivity contribution is -0.108. The van der Waals surface area contributed by atoms with Gasteiger partial charge in [0.05, 0.1) is 5.92 Å². The molecule has 2 unspecified atom stereocenters. The summed E-state index contributed by atoms with van der Waals surface area (Å²) < 4.78 is 41.6. The molecule has 1 heterocycles. The number of ether oxygens (including phenoxy) is 1. The van der Waals surface area contributed by atoms with Crippen LogP contribution in [0, 0.1) is 5.82 Å². The van der Waals surface area contributed by atoms with Crippen molar-refractivity contribution >= 4 is 40.3 Å². The molecule has 3 aromatic carbocycles. The van der Waals surface area contributed by atoms with Crippen molar-refractivity contribution in [2.24, 2.45) is 0 Å². The number of fused-ring (bicyclic) bond motifs is 1. The second-order valence-corrected chi connectivity index (χ2v) is 8.13. The van der Waals surface area contributed by atoms with E-state index < -0.39 is 22.8 Å². The van der Waals surface area contributed by atoms with E-state index >= 15 is 0 Å². The molecular formula is C23H15ClFO4S-. The van der Waals surface area contributed by atoms with Crippen LogP contribution in [0.5, 0.6) is 5.75 Å². The molecule has 4 rings (SSSR count). The standard InChI is InChI=1S/C23H16ClFO4S/c24-17-7-10-21-19(11-17)20(12-26)22(15-5-8-18(25)9-6-15)23(29-21)16-3-1-14(2-4-16)13-30(27)28/h1-12,20H,13H2,(H,27,28)/p-1. The van der Waals surface area contributed by atoms with Crippen molar-refractivity contribution in [3.63, 3.8) is 0 Å². The summed E-state index contributed by atoms with van der Waals surface area (Å²) in [6.45, 7) is 0. The highest BCUT2D eigenvalue weighted by atomic mass is 35.5. The van der Waals surface area contributed by atoms with Crippen LogP contribution in [0.25, 0.3) is 11.3 Å². The van der Waals surface area contributed by atoms with E-state index in [0.29, 0.717) is 44.4 Å². The number of rotatable bonds is 5. The van der Waals surface area contributed by atoms with Crippen LogP contribution in [0.2, 0.25) is 5.02 Å². The topological polar surface area (TPSA) is 66.4 Å². The molecule has 0 saturated carbocycles. The molecule has 2 atom stereocenters. The number of allylic oxidation sites excluding steroid dienone is 1. The first kappa shape index (κ1) is 20.5. The summed E-state index contributed by atoms with van der Waals surface area (Å²) >= 11 is 3.94. The highest BCUT2D eigenvalue weighted by Gasteiger charge is 2.31. The van der Waals surface area contributed by atoms with Crippen LogP contribution < -0.4 is 4.74 Å². The first-order valence-electron chi connectivity index (χ1n) is 9.04. The van der Waals surface area contributed by atoms with E-state index in [0.717, 1.165) is 6.29 Å². The monoisotopic (exact) mass is 441 g/mol. The number of hydrogen-bond donors (Lipinski definition) is 0. The number of benzene rings is 3. The number of carbonyl (C=O) groups is 1.